The Labute approximate surface area is 84.1 Å². The number of hydrogen-bond donors (Lipinski definition) is 3. The molecule has 14 heavy (non-hydrogen) atoms. The summed E-state index contributed by atoms with van der Waals surface area (Å²) in [7, 11) is 0. The Morgan fingerprint density at radius 3 is 2.64 bits per heavy atom. The Morgan fingerprint density at radius 2 is 2.14 bits per heavy atom. The van der Waals surface area contributed by atoms with E-state index in [0.717, 1.165) is 32.1 Å². The number of rotatable bonds is 5. The summed E-state index contributed by atoms with van der Waals surface area (Å²) in [6, 6.07) is 0.375. The van der Waals surface area contributed by atoms with Crippen LogP contribution in [0, 0.1) is 5.41 Å². The molecule has 0 saturated heterocycles. The molecule has 4 heteroatoms. The number of hydrogen-bond acceptors (Lipinski definition) is 2. The maximum atomic E-state index is 11.3. The smallest absolute Gasteiger partial charge is 0.315 e. The summed E-state index contributed by atoms with van der Waals surface area (Å²) >= 11 is 0. The highest BCUT2D eigenvalue weighted by Crippen LogP contribution is 2.47. The molecule has 3 N–H and O–H groups in total. The molecule has 0 atom stereocenters. The summed E-state index contributed by atoms with van der Waals surface area (Å²) in [5, 5.41) is 14.6. The average molecular weight is 198 g/mol. The van der Waals surface area contributed by atoms with Crippen molar-refractivity contribution in [2.75, 3.05) is 13.2 Å². The predicted octanol–water partition coefficient (Wildman–Crippen LogP) is 0.611. The van der Waals surface area contributed by atoms with Gasteiger partial charge in [-0.3, -0.25) is 0 Å². The minimum Gasteiger partial charge on any atom is -0.396 e. The number of aliphatic hydroxyl groups is 1. The van der Waals surface area contributed by atoms with E-state index in [1.54, 1.807) is 0 Å². The van der Waals surface area contributed by atoms with E-state index in [4.69, 9.17) is 5.11 Å². The first-order chi connectivity index (χ1) is 6.74. The second-order valence-corrected chi connectivity index (χ2v) is 4.57. The van der Waals surface area contributed by atoms with Gasteiger partial charge in [0.1, 0.15) is 0 Å². The minimum atomic E-state index is -0.0447. The summed E-state index contributed by atoms with van der Waals surface area (Å²) in [5.74, 6) is 0. The van der Waals surface area contributed by atoms with Gasteiger partial charge in [-0.2, -0.15) is 0 Å². The molecule has 2 aliphatic rings. The van der Waals surface area contributed by atoms with Crippen molar-refractivity contribution in [3.05, 3.63) is 0 Å². The lowest BCUT2D eigenvalue weighted by Crippen LogP contribution is -2.39. The van der Waals surface area contributed by atoms with Crippen LogP contribution >= 0.6 is 0 Å². The van der Waals surface area contributed by atoms with Gasteiger partial charge < -0.3 is 15.7 Å². The zero-order valence-electron chi connectivity index (χ0n) is 8.38. The molecule has 2 saturated carbocycles. The standard InChI is InChI=1S/C10H18N2O2/c13-6-5-10(3-4-10)7-11-9(14)12-8-1-2-8/h8,13H,1-7H2,(H2,11,12,14). The van der Waals surface area contributed by atoms with Crippen molar-refractivity contribution in [2.45, 2.75) is 38.1 Å². The molecule has 2 fully saturated rings. The number of nitrogens with one attached hydrogen (secondary N) is 2. The van der Waals surface area contributed by atoms with E-state index in [1.165, 1.54) is 0 Å². The van der Waals surface area contributed by atoms with Crippen molar-refractivity contribution >= 4 is 6.03 Å². The topological polar surface area (TPSA) is 61.4 Å². The maximum absolute atomic E-state index is 11.3. The first kappa shape index (κ1) is 9.77. The lowest BCUT2D eigenvalue weighted by Gasteiger charge is -2.14. The summed E-state index contributed by atoms with van der Waals surface area (Å²) < 4.78 is 0. The second kappa shape index (κ2) is 3.77. The highest BCUT2D eigenvalue weighted by atomic mass is 16.3. The largest absolute Gasteiger partial charge is 0.396 e. The summed E-state index contributed by atoms with van der Waals surface area (Å²) in [5.41, 5.74) is 0.218. The highest BCUT2D eigenvalue weighted by Gasteiger charge is 2.42. The van der Waals surface area contributed by atoms with Crippen LogP contribution in [0.25, 0.3) is 0 Å². The van der Waals surface area contributed by atoms with Crippen LogP contribution in [-0.2, 0) is 0 Å². The number of carbonyl (C=O) groups excluding carboxylic acids is 1. The fourth-order valence-corrected chi connectivity index (χ4v) is 1.66. The van der Waals surface area contributed by atoms with E-state index in [9.17, 15) is 4.79 Å². The van der Waals surface area contributed by atoms with Crippen LogP contribution in [-0.4, -0.2) is 30.3 Å². The van der Waals surface area contributed by atoms with Crippen LogP contribution < -0.4 is 10.6 Å². The molecule has 0 unspecified atom stereocenters. The normalized spacial score (nSPS) is 22.9. The van der Waals surface area contributed by atoms with Crippen molar-refractivity contribution in [3.8, 4) is 0 Å². The lowest BCUT2D eigenvalue weighted by molar-refractivity contribution is 0.227. The number of urea groups is 1. The Bertz CT molecular complexity index is 222. The highest BCUT2D eigenvalue weighted by molar-refractivity contribution is 5.74. The zero-order valence-corrected chi connectivity index (χ0v) is 8.38. The van der Waals surface area contributed by atoms with E-state index in [1.807, 2.05) is 0 Å². The molecule has 0 heterocycles. The molecule has 0 bridgehead atoms. The van der Waals surface area contributed by atoms with Crippen molar-refractivity contribution in [3.63, 3.8) is 0 Å². The van der Waals surface area contributed by atoms with E-state index in [0.29, 0.717) is 12.6 Å². The van der Waals surface area contributed by atoms with Gasteiger partial charge in [-0.05, 0) is 37.5 Å². The molecular weight excluding hydrogens is 180 g/mol. The molecule has 2 rings (SSSR count). The van der Waals surface area contributed by atoms with Gasteiger partial charge in [0.25, 0.3) is 0 Å². The van der Waals surface area contributed by atoms with Crippen molar-refractivity contribution in [1.82, 2.24) is 10.6 Å². The first-order valence-corrected chi connectivity index (χ1v) is 5.39. The van der Waals surface area contributed by atoms with E-state index in [2.05, 4.69) is 10.6 Å². The SMILES string of the molecule is O=C(NCC1(CCO)CC1)NC1CC1. The Balaban J connectivity index is 1.63. The molecule has 0 aromatic rings. The van der Waals surface area contributed by atoms with Gasteiger partial charge in [0.05, 0.1) is 0 Å². The van der Waals surface area contributed by atoms with E-state index < -0.39 is 0 Å². The molecule has 4 nitrogen and oxygen atoms in total. The molecule has 80 valence electrons. The Morgan fingerprint density at radius 1 is 1.43 bits per heavy atom. The number of amides is 2. The van der Waals surface area contributed by atoms with E-state index >= 15 is 0 Å². The van der Waals surface area contributed by atoms with Crippen molar-refractivity contribution in [2.24, 2.45) is 5.41 Å². The van der Waals surface area contributed by atoms with Gasteiger partial charge >= 0.3 is 6.03 Å². The van der Waals surface area contributed by atoms with Crippen molar-refractivity contribution in [1.29, 1.82) is 0 Å². The van der Waals surface area contributed by atoms with Crippen LogP contribution in [0.4, 0.5) is 4.79 Å². The van der Waals surface area contributed by atoms with Crippen LogP contribution in [0.2, 0.25) is 0 Å². The third-order valence-corrected chi connectivity index (χ3v) is 3.14. The lowest BCUT2D eigenvalue weighted by atomic mass is 10.0. The molecule has 2 aliphatic carbocycles. The molecule has 0 spiro atoms. The van der Waals surface area contributed by atoms with Gasteiger partial charge in [-0.25, -0.2) is 4.79 Å². The zero-order chi connectivity index (χ0) is 10.0. The molecule has 0 radical (unpaired) electrons. The van der Waals surface area contributed by atoms with Gasteiger partial charge in [0, 0.05) is 19.2 Å². The minimum absolute atomic E-state index is 0.0447. The quantitative estimate of drug-likeness (QED) is 0.606. The van der Waals surface area contributed by atoms with Crippen LogP contribution in [0.5, 0.6) is 0 Å². The van der Waals surface area contributed by atoms with Gasteiger partial charge in [0.2, 0.25) is 0 Å². The average Bonchev–Trinajstić information content (AvgIpc) is 3.00. The first-order valence-electron chi connectivity index (χ1n) is 5.39. The molecule has 0 aromatic carbocycles. The van der Waals surface area contributed by atoms with Gasteiger partial charge in [-0.1, -0.05) is 0 Å². The van der Waals surface area contributed by atoms with Crippen LogP contribution in [0.3, 0.4) is 0 Å². The Kier molecular flexibility index (Phi) is 2.63. The second-order valence-electron chi connectivity index (χ2n) is 4.57. The fourth-order valence-electron chi connectivity index (χ4n) is 1.66. The van der Waals surface area contributed by atoms with Crippen molar-refractivity contribution < 1.29 is 9.90 Å². The monoisotopic (exact) mass is 198 g/mol. The predicted molar refractivity (Wildman–Crippen MR) is 52.9 cm³/mol. The summed E-state index contributed by atoms with van der Waals surface area (Å²) in [6.45, 7) is 0.942. The van der Waals surface area contributed by atoms with Crippen LogP contribution in [0.15, 0.2) is 0 Å². The molecule has 2 amide bonds. The third kappa shape index (κ3) is 2.61. The fraction of sp³-hybridized carbons (Fsp3) is 0.900. The number of aliphatic hydroxyl groups excluding tert-OH is 1. The van der Waals surface area contributed by atoms with Gasteiger partial charge in [0.15, 0.2) is 0 Å². The maximum Gasteiger partial charge on any atom is 0.315 e. The summed E-state index contributed by atoms with van der Waals surface area (Å²) in [6.07, 6.45) is 5.33. The van der Waals surface area contributed by atoms with E-state index in [-0.39, 0.29) is 18.1 Å². The molecule has 0 aromatic heterocycles. The van der Waals surface area contributed by atoms with Crippen LogP contribution in [0.1, 0.15) is 32.1 Å². The summed E-state index contributed by atoms with van der Waals surface area (Å²) in [4.78, 5) is 11.3. The molecular formula is C10H18N2O2. The van der Waals surface area contributed by atoms with Gasteiger partial charge in [-0.15, -0.1) is 0 Å². The number of carbonyl (C=O) groups is 1. The molecule has 0 aliphatic heterocycles. The third-order valence-electron chi connectivity index (χ3n) is 3.14. The Hall–Kier alpha value is -0.770.